The molecule has 0 aromatic heterocycles. The minimum atomic E-state index is -4.15. The number of hydrogen-bond donors (Lipinski definition) is 0. The van der Waals surface area contributed by atoms with Gasteiger partial charge in [-0.25, -0.2) is 8.42 Å². The standard InChI is InChI=1S/C16H13BrCl3NO4S/c1-2-25-16(22)9-21(15-6-3-10(17)7-14(15)20)26(23,24)11-4-5-12(18)13(19)8-11/h3-8H,2,9H2,1H3. The summed E-state index contributed by atoms with van der Waals surface area (Å²) in [5.41, 5.74) is 0.133. The maximum absolute atomic E-state index is 13.1. The molecule has 2 aromatic carbocycles. The molecule has 2 rings (SSSR count). The molecule has 0 aliphatic carbocycles. The Labute approximate surface area is 175 Å². The van der Waals surface area contributed by atoms with Crippen molar-refractivity contribution in [2.45, 2.75) is 11.8 Å². The SMILES string of the molecule is CCOC(=O)CN(c1ccc(Br)cc1Cl)S(=O)(=O)c1ccc(Cl)c(Cl)c1. The van der Waals surface area contributed by atoms with Gasteiger partial charge in [-0.1, -0.05) is 50.7 Å². The smallest absolute Gasteiger partial charge is 0.326 e. The second kappa shape index (κ2) is 8.80. The molecule has 5 nitrogen and oxygen atoms in total. The van der Waals surface area contributed by atoms with Crippen LogP contribution < -0.4 is 4.31 Å². The first kappa shape index (κ1) is 21.3. The maximum Gasteiger partial charge on any atom is 0.326 e. The predicted molar refractivity (Wildman–Crippen MR) is 107 cm³/mol. The van der Waals surface area contributed by atoms with Crippen molar-refractivity contribution in [1.29, 1.82) is 0 Å². The van der Waals surface area contributed by atoms with E-state index < -0.39 is 22.5 Å². The van der Waals surface area contributed by atoms with E-state index >= 15 is 0 Å². The fourth-order valence-corrected chi connectivity index (χ4v) is 4.71. The fourth-order valence-electron chi connectivity index (χ4n) is 2.07. The summed E-state index contributed by atoms with van der Waals surface area (Å²) in [6, 6.07) is 8.50. The molecule has 0 saturated carbocycles. The third-order valence-electron chi connectivity index (χ3n) is 3.24. The van der Waals surface area contributed by atoms with Gasteiger partial charge in [0.25, 0.3) is 10.0 Å². The minimum Gasteiger partial charge on any atom is -0.465 e. The van der Waals surface area contributed by atoms with Crippen molar-refractivity contribution in [2.75, 3.05) is 17.5 Å². The van der Waals surface area contributed by atoms with E-state index in [2.05, 4.69) is 15.9 Å². The van der Waals surface area contributed by atoms with E-state index in [4.69, 9.17) is 39.5 Å². The average Bonchev–Trinajstić information content (AvgIpc) is 2.56. The van der Waals surface area contributed by atoms with Crippen LogP contribution >= 0.6 is 50.7 Å². The number of ether oxygens (including phenoxy) is 1. The third kappa shape index (κ3) is 4.84. The number of nitrogens with zero attached hydrogens (tertiary/aromatic N) is 1. The number of hydrogen-bond acceptors (Lipinski definition) is 4. The number of benzene rings is 2. The lowest BCUT2D eigenvalue weighted by Crippen LogP contribution is -2.36. The van der Waals surface area contributed by atoms with Crippen molar-refractivity contribution >= 4 is 72.4 Å². The van der Waals surface area contributed by atoms with E-state index in [0.29, 0.717) is 4.47 Å². The van der Waals surface area contributed by atoms with Crippen molar-refractivity contribution in [3.8, 4) is 0 Å². The first-order chi connectivity index (χ1) is 12.2. The highest BCUT2D eigenvalue weighted by Crippen LogP contribution is 2.34. The lowest BCUT2D eigenvalue weighted by molar-refractivity contribution is -0.141. The Morgan fingerprint density at radius 3 is 2.35 bits per heavy atom. The van der Waals surface area contributed by atoms with Gasteiger partial charge >= 0.3 is 5.97 Å². The van der Waals surface area contributed by atoms with E-state index in [1.54, 1.807) is 13.0 Å². The number of esters is 1. The van der Waals surface area contributed by atoms with Gasteiger partial charge in [-0.05, 0) is 43.3 Å². The Morgan fingerprint density at radius 1 is 1.08 bits per heavy atom. The van der Waals surface area contributed by atoms with Gasteiger partial charge in [0.15, 0.2) is 0 Å². The molecule has 26 heavy (non-hydrogen) atoms. The Hall–Kier alpha value is -0.990. The van der Waals surface area contributed by atoms with Gasteiger partial charge in [0, 0.05) is 4.47 Å². The second-order valence-electron chi connectivity index (χ2n) is 4.99. The zero-order chi connectivity index (χ0) is 19.5. The van der Waals surface area contributed by atoms with E-state index in [1.807, 2.05) is 0 Å². The second-order valence-corrected chi connectivity index (χ2v) is 8.99. The van der Waals surface area contributed by atoms with Gasteiger partial charge in [-0.15, -0.1) is 0 Å². The van der Waals surface area contributed by atoms with Crippen LogP contribution in [-0.4, -0.2) is 27.5 Å². The highest BCUT2D eigenvalue weighted by atomic mass is 79.9. The highest BCUT2D eigenvalue weighted by Gasteiger charge is 2.29. The summed E-state index contributed by atoms with van der Waals surface area (Å²) in [6.45, 7) is 1.20. The fraction of sp³-hybridized carbons (Fsp3) is 0.188. The molecule has 0 amide bonds. The van der Waals surface area contributed by atoms with Gasteiger partial charge in [0.05, 0.1) is 32.3 Å². The van der Waals surface area contributed by atoms with Crippen LogP contribution in [0.25, 0.3) is 0 Å². The molecule has 140 valence electrons. The quantitative estimate of drug-likeness (QED) is 0.513. The maximum atomic E-state index is 13.1. The Balaban J connectivity index is 2.57. The zero-order valence-electron chi connectivity index (χ0n) is 13.4. The Morgan fingerprint density at radius 2 is 1.77 bits per heavy atom. The predicted octanol–water partition coefficient (Wildman–Crippen LogP) is 5.17. The molecule has 0 atom stereocenters. The first-order valence-corrected chi connectivity index (χ1v) is 10.6. The van der Waals surface area contributed by atoms with E-state index in [9.17, 15) is 13.2 Å². The summed E-state index contributed by atoms with van der Waals surface area (Å²) in [6.07, 6.45) is 0. The van der Waals surface area contributed by atoms with E-state index in [0.717, 1.165) is 4.31 Å². The highest BCUT2D eigenvalue weighted by molar-refractivity contribution is 9.10. The molecule has 0 fully saturated rings. The van der Waals surface area contributed by atoms with Crippen molar-refractivity contribution in [3.05, 3.63) is 55.9 Å². The van der Waals surface area contributed by atoms with Crippen molar-refractivity contribution in [2.24, 2.45) is 0 Å². The molecular weight excluding hydrogens is 489 g/mol. The van der Waals surface area contributed by atoms with Crippen molar-refractivity contribution in [1.82, 2.24) is 0 Å². The van der Waals surface area contributed by atoms with Crippen LogP contribution in [0.1, 0.15) is 6.92 Å². The molecule has 0 radical (unpaired) electrons. The first-order valence-electron chi connectivity index (χ1n) is 7.25. The summed E-state index contributed by atoms with van der Waals surface area (Å²) < 4.78 is 32.7. The minimum absolute atomic E-state index is 0.0747. The molecule has 0 unspecified atom stereocenters. The van der Waals surface area contributed by atoms with E-state index in [1.165, 1.54) is 30.3 Å². The number of rotatable bonds is 6. The van der Waals surface area contributed by atoms with Crippen molar-refractivity contribution < 1.29 is 17.9 Å². The van der Waals surface area contributed by atoms with E-state index in [-0.39, 0.29) is 32.3 Å². The Kier molecular flexibility index (Phi) is 7.21. The normalized spacial score (nSPS) is 11.3. The molecule has 10 heteroatoms. The van der Waals surface area contributed by atoms with Crippen LogP contribution in [0.4, 0.5) is 5.69 Å². The Bertz CT molecular complexity index is 937. The van der Waals surface area contributed by atoms with Crippen LogP contribution in [0.3, 0.4) is 0 Å². The molecule has 0 aliphatic heterocycles. The lowest BCUT2D eigenvalue weighted by Gasteiger charge is -2.24. The number of carbonyl (C=O) groups is 1. The number of sulfonamides is 1. The third-order valence-corrected chi connectivity index (χ3v) is 6.53. The number of anilines is 1. The lowest BCUT2D eigenvalue weighted by atomic mass is 10.3. The molecule has 0 spiro atoms. The van der Waals surface area contributed by atoms with Gasteiger partial charge in [-0.3, -0.25) is 9.10 Å². The largest absolute Gasteiger partial charge is 0.465 e. The molecule has 0 aliphatic rings. The topological polar surface area (TPSA) is 63.7 Å². The van der Waals surface area contributed by atoms with Crippen LogP contribution in [-0.2, 0) is 19.6 Å². The van der Waals surface area contributed by atoms with Crippen molar-refractivity contribution in [3.63, 3.8) is 0 Å². The summed E-state index contributed by atoms with van der Waals surface area (Å²) in [5, 5.41) is 0.433. The van der Waals surface area contributed by atoms with Crippen LogP contribution in [0.2, 0.25) is 15.1 Å². The van der Waals surface area contributed by atoms with Crippen LogP contribution in [0.5, 0.6) is 0 Å². The zero-order valence-corrected chi connectivity index (χ0v) is 18.0. The van der Waals surface area contributed by atoms with Gasteiger partial charge < -0.3 is 4.74 Å². The van der Waals surface area contributed by atoms with Gasteiger partial charge in [-0.2, -0.15) is 0 Å². The molecule has 0 saturated heterocycles. The molecule has 2 aromatic rings. The van der Waals surface area contributed by atoms with Gasteiger partial charge in [0.1, 0.15) is 6.54 Å². The van der Waals surface area contributed by atoms with Crippen LogP contribution in [0, 0.1) is 0 Å². The molecule has 0 N–H and O–H groups in total. The molecule has 0 bridgehead atoms. The number of carbonyl (C=O) groups excluding carboxylic acids is 1. The summed E-state index contributed by atoms with van der Waals surface area (Å²) in [7, 11) is -4.15. The summed E-state index contributed by atoms with van der Waals surface area (Å²) in [5.74, 6) is -0.713. The van der Waals surface area contributed by atoms with Gasteiger partial charge in [0.2, 0.25) is 0 Å². The summed E-state index contributed by atoms with van der Waals surface area (Å²) in [4.78, 5) is 11.8. The van der Waals surface area contributed by atoms with Crippen LogP contribution in [0.15, 0.2) is 45.8 Å². The molecule has 0 heterocycles. The molecular formula is C16H13BrCl3NO4S. The average molecular weight is 502 g/mol. The monoisotopic (exact) mass is 499 g/mol. The number of halogens is 4. The summed E-state index contributed by atoms with van der Waals surface area (Å²) >= 11 is 21.3.